The first kappa shape index (κ1) is 26.7. The Labute approximate surface area is 214 Å². The largest absolute Gasteiger partial charge is 0.353 e. The number of hydrogen-bond acceptors (Lipinski definition) is 6. The van der Waals surface area contributed by atoms with Gasteiger partial charge >= 0.3 is 5.69 Å². The molecule has 1 saturated heterocycles. The summed E-state index contributed by atoms with van der Waals surface area (Å²) in [5.41, 5.74) is 1.63. The topological polar surface area (TPSA) is 93.2 Å². The molecule has 0 amide bonds. The molecule has 1 aliphatic rings. The molecule has 0 aromatic carbocycles. The maximum absolute atomic E-state index is 14.2. The second kappa shape index (κ2) is 11.8. The lowest BCUT2D eigenvalue weighted by molar-refractivity contribution is -0.163. The third kappa shape index (κ3) is 5.80. The number of aryl methyl sites for hydroxylation is 2. The predicted octanol–water partition coefficient (Wildman–Crippen LogP) is 3.86. The molecule has 0 radical (unpaired) electrons. The lowest BCUT2D eigenvalue weighted by atomic mass is 10.2. The number of ether oxygens (including phenoxy) is 2. The van der Waals surface area contributed by atoms with Crippen molar-refractivity contribution in [2.45, 2.75) is 65.8 Å². The fraction of sp³-hybridized carbons (Fsp3) is 0.481. The Morgan fingerprint density at radius 1 is 1.30 bits per heavy atom. The van der Waals surface area contributed by atoms with Gasteiger partial charge in [0.05, 0.1) is 12.8 Å². The molecule has 1 unspecified atom stereocenters. The molecule has 0 aliphatic carbocycles. The van der Waals surface area contributed by atoms with Gasteiger partial charge < -0.3 is 14.0 Å². The van der Waals surface area contributed by atoms with E-state index in [9.17, 15) is 14.0 Å². The molecule has 9 nitrogen and oxygen atoms in total. The summed E-state index contributed by atoms with van der Waals surface area (Å²) < 4.78 is 29.9. The van der Waals surface area contributed by atoms with Crippen molar-refractivity contribution in [2.24, 2.45) is 7.05 Å². The van der Waals surface area contributed by atoms with Gasteiger partial charge in [0.2, 0.25) is 0 Å². The second-order valence-electron chi connectivity index (χ2n) is 9.34. The minimum Gasteiger partial charge on any atom is -0.353 e. The molecule has 10 heteroatoms. The number of allylic oxidation sites excluding steroid dienone is 4. The molecule has 1 atom stereocenters. The van der Waals surface area contributed by atoms with Crippen LogP contribution in [0.4, 0.5) is 4.39 Å². The SMILES string of the molecule is C/C=C\C=C(/C)Cn1c(-c2cc(F)cnc2C)nc2c1c(=O)n(CCCOC1CCCCO1)c(=O)n2C. The van der Waals surface area contributed by atoms with Gasteiger partial charge in [0.1, 0.15) is 11.6 Å². The van der Waals surface area contributed by atoms with Crippen LogP contribution in [0.3, 0.4) is 0 Å². The van der Waals surface area contributed by atoms with E-state index < -0.39 is 17.1 Å². The van der Waals surface area contributed by atoms with Crippen molar-refractivity contribution in [1.82, 2.24) is 23.7 Å². The normalized spacial score (nSPS) is 16.8. The summed E-state index contributed by atoms with van der Waals surface area (Å²) in [6, 6.07) is 1.35. The van der Waals surface area contributed by atoms with Crippen LogP contribution in [-0.4, -0.2) is 43.2 Å². The quantitative estimate of drug-likeness (QED) is 0.320. The van der Waals surface area contributed by atoms with Gasteiger partial charge in [-0.15, -0.1) is 0 Å². The molecule has 0 bridgehead atoms. The van der Waals surface area contributed by atoms with Crippen molar-refractivity contribution < 1.29 is 13.9 Å². The minimum atomic E-state index is -0.506. The maximum atomic E-state index is 14.2. The Morgan fingerprint density at radius 3 is 2.84 bits per heavy atom. The zero-order valence-corrected chi connectivity index (χ0v) is 21.9. The number of nitrogens with zero attached hydrogens (tertiary/aromatic N) is 5. The Bertz CT molecular complexity index is 1440. The summed E-state index contributed by atoms with van der Waals surface area (Å²) in [5, 5.41) is 0. The van der Waals surface area contributed by atoms with E-state index in [0.717, 1.165) is 31.0 Å². The number of imidazole rings is 1. The molecule has 3 aromatic heterocycles. The van der Waals surface area contributed by atoms with Crippen molar-refractivity contribution in [3.05, 3.63) is 68.4 Å². The average molecular weight is 512 g/mol. The van der Waals surface area contributed by atoms with Gasteiger partial charge in [-0.05, 0) is 52.5 Å². The lowest BCUT2D eigenvalue weighted by Gasteiger charge is -2.22. The maximum Gasteiger partial charge on any atom is 0.332 e. The predicted molar refractivity (Wildman–Crippen MR) is 140 cm³/mol. The second-order valence-corrected chi connectivity index (χ2v) is 9.34. The van der Waals surface area contributed by atoms with E-state index in [1.54, 1.807) is 18.5 Å². The van der Waals surface area contributed by atoms with Crippen LogP contribution in [0.15, 0.2) is 45.7 Å². The minimum absolute atomic E-state index is 0.197. The van der Waals surface area contributed by atoms with Crippen LogP contribution in [-0.2, 0) is 29.6 Å². The van der Waals surface area contributed by atoms with Crippen molar-refractivity contribution in [3.8, 4) is 11.4 Å². The first-order valence-electron chi connectivity index (χ1n) is 12.7. The summed E-state index contributed by atoms with van der Waals surface area (Å²) in [4.78, 5) is 35.7. The van der Waals surface area contributed by atoms with Gasteiger partial charge in [-0.1, -0.05) is 23.8 Å². The summed E-state index contributed by atoms with van der Waals surface area (Å²) in [6.45, 7) is 7.22. The van der Waals surface area contributed by atoms with E-state index in [1.165, 1.54) is 15.2 Å². The Kier molecular flexibility index (Phi) is 8.50. The standard InChI is InChI=1S/C27H34FN5O4/c1-5-6-10-18(2)17-33-23-25(30-24(33)21-15-20(28)16-29-19(21)3)31(4)27(35)32(26(23)34)12-9-14-37-22-11-7-8-13-36-22/h5-6,10,15-16,22H,7-9,11-14,17H2,1-4H3/b6-5-,18-10+. The van der Waals surface area contributed by atoms with Crippen LogP contribution in [0.2, 0.25) is 0 Å². The van der Waals surface area contributed by atoms with E-state index in [0.29, 0.717) is 43.3 Å². The van der Waals surface area contributed by atoms with Crippen LogP contribution >= 0.6 is 0 Å². The van der Waals surface area contributed by atoms with Gasteiger partial charge in [0.15, 0.2) is 17.5 Å². The van der Waals surface area contributed by atoms with E-state index in [2.05, 4.69) is 9.97 Å². The smallest absolute Gasteiger partial charge is 0.332 e. The monoisotopic (exact) mass is 511 g/mol. The molecule has 198 valence electrons. The number of halogens is 1. The van der Waals surface area contributed by atoms with Crippen molar-refractivity contribution in [3.63, 3.8) is 0 Å². The highest BCUT2D eigenvalue weighted by molar-refractivity contribution is 5.77. The van der Waals surface area contributed by atoms with Crippen molar-refractivity contribution >= 4 is 11.2 Å². The van der Waals surface area contributed by atoms with Crippen LogP contribution in [0.5, 0.6) is 0 Å². The van der Waals surface area contributed by atoms with Gasteiger partial charge in [-0.2, -0.15) is 0 Å². The average Bonchev–Trinajstić information content (AvgIpc) is 3.26. The molecule has 4 heterocycles. The molecular formula is C27H34FN5O4. The summed E-state index contributed by atoms with van der Waals surface area (Å²) >= 11 is 0. The Hall–Kier alpha value is -3.37. The number of hydrogen-bond donors (Lipinski definition) is 0. The van der Waals surface area contributed by atoms with Crippen LogP contribution in [0, 0.1) is 12.7 Å². The Balaban J connectivity index is 1.77. The first-order chi connectivity index (χ1) is 17.8. The molecule has 3 aromatic rings. The van der Waals surface area contributed by atoms with Gasteiger partial charge in [-0.3, -0.25) is 18.9 Å². The van der Waals surface area contributed by atoms with Gasteiger partial charge in [-0.25, -0.2) is 14.2 Å². The number of pyridine rings is 1. The summed E-state index contributed by atoms with van der Waals surface area (Å²) in [6.07, 6.45) is 10.1. The zero-order chi connectivity index (χ0) is 26.5. The molecule has 1 aliphatic heterocycles. The summed E-state index contributed by atoms with van der Waals surface area (Å²) in [7, 11) is 1.59. The van der Waals surface area contributed by atoms with Crippen LogP contribution in [0.25, 0.3) is 22.6 Å². The highest BCUT2D eigenvalue weighted by Gasteiger charge is 2.23. The van der Waals surface area contributed by atoms with Crippen LogP contribution < -0.4 is 11.2 Å². The zero-order valence-electron chi connectivity index (χ0n) is 21.9. The molecule has 37 heavy (non-hydrogen) atoms. The third-order valence-corrected chi connectivity index (χ3v) is 6.48. The third-order valence-electron chi connectivity index (χ3n) is 6.48. The van der Waals surface area contributed by atoms with E-state index >= 15 is 0 Å². The van der Waals surface area contributed by atoms with Crippen molar-refractivity contribution in [1.29, 1.82) is 0 Å². The van der Waals surface area contributed by atoms with E-state index in [-0.39, 0.29) is 24.0 Å². The highest BCUT2D eigenvalue weighted by atomic mass is 19.1. The Morgan fingerprint density at radius 2 is 2.11 bits per heavy atom. The molecule has 0 N–H and O–H groups in total. The molecule has 1 fully saturated rings. The van der Waals surface area contributed by atoms with Crippen LogP contribution in [0.1, 0.15) is 45.2 Å². The summed E-state index contributed by atoms with van der Waals surface area (Å²) in [5.74, 6) is -0.121. The van der Waals surface area contributed by atoms with Gasteiger partial charge in [0, 0.05) is 38.0 Å². The molecule has 4 rings (SSSR count). The van der Waals surface area contributed by atoms with Crippen molar-refractivity contribution in [2.75, 3.05) is 13.2 Å². The lowest BCUT2D eigenvalue weighted by Crippen LogP contribution is -2.40. The molecule has 0 saturated carbocycles. The highest BCUT2D eigenvalue weighted by Crippen LogP contribution is 2.26. The van der Waals surface area contributed by atoms with E-state index in [1.807, 2.05) is 32.1 Å². The first-order valence-corrected chi connectivity index (χ1v) is 12.7. The van der Waals surface area contributed by atoms with E-state index in [4.69, 9.17) is 9.47 Å². The number of fused-ring (bicyclic) bond motifs is 1. The molecule has 0 spiro atoms. The number of aromatic nitrogens is 5. The van der Waals surface area contributed by atoms with Gasteiger partial charge in [0.25, 0.3) is 5.56 Å². The molecular weight excluding hydrogens is 477 g/mol. The fourth-order valence-electron chi connectivity index (χ4n) is 4.50. The fourth-order valence-corrected chi connectivity index (χ4v) is 4.50. The number of rotatable bonds is 9.